The van der Waals surface area contributed by atoms with E-state index < -0.39 is 0 Å². The number of hydrogen-bond donors (Lipinski definition) is 0. The van der Waals surface area contributed by atoms with E-state index in [1.807, 2.05) is 18.3 Å². The van der Waals surface area contributed by atoms with Crippen LogP contribution in [-0.4, -0.2) is 6.21 Å². The Kier molecular flexibility index (Phi) is 3.91. The molecule has 0 radical (unpaired) electrons. The second-order valence-corrected chi connectivity index (χ2v) is 5.74. The molecule has 0 aliphatic heterocycles. The molecule has 114 valence electrons. The van der Waals surface area contributed by atoms with Crippen LogP contribution in [0, 0.1) is 0 Å². The standard InChI is InChI=1S/C23H17N/c1-2-7-19(8-3-1)20-15-13-18(14-16-20)17-24-23-12-6-10-21-9-4-5-11-22(21)23/h1-17H. The van der Waals surface area contributed by atoms with E-state index in [2.05, 4.69) is 89.9 Å². The molecule has 4 rings (SSSR count). The normalized spacial score (nSPS) is 11.2. The van der Waals surface area contributed by atoms with E-state index in [0.29, 0.717) is 0 Å². The minimum absolute atomic E-state index is 1.00. The zero-order chi connectivity index (χ0) is 16.2. The van der Waals surface area contributed by atoms with Gasteiger partial charge < -0.3 is 0 Å². The number of rotatable bonds is 3. The molecule has 0 heterocycles. The van der Waals surface area contributed by atoms with Crippen molar-refractivity contribution in [2.75, 3.05) is 0 Å². The van der Waals surface area contributed by atoms with E-state index in [0.717, 1.165) is 11.3 Å². The zero-order valence-corrected chi connectivity index (χ0v) is 13.3. The first-order chi connectivity index (χ1) is 11.9. The monoisotopic (exact) mass is 307 g/mol. The second kappa shape index (κ2) is 6.51. The lowest BCUT2D eigenvalue weighted by atomic mass is 10.0. The minimum atomic E-state index is 1.00. The first-order valence-electron chi connectivity index (χ1n) is 8.07. The number of hydrogen-bond acceptors (Lipinski definition) is 1. The highest BCUT2D eigenvalue weighted by Gasteiger charge is 1.98. The molecule has 0 aromatic heterocycles. The Morgan fingerprint density at radius 3 is 2.04 bits per heavy atom. The summed E-state index contributed by atoms with van der Waals surface area (Å²) in [5.41, 5.74) is 4.55. The molecule has 0 aliphatic rings. The predicted molar refractivity (Wildman–Crippen MR) is 103 cm³/mol. The third kappa shape index (κ3) is 2.97. The lowest BCUT2D eigenvalue weighted by Gasteiger charge is -2.03. The third-order valence-electron chi connectivity index (χ3n) is 4.14. The van der Waals surface area contributed by atoms with Gasteiger partial charge in [-0.15, -0.1) is 0 Å². The summed E-state index contributed by atoms with van der Waals surface area (Å²) in [6.07, 6.45) is 1.93. The van der Waals surface area contributed by atoms with Gasteiger partial charge in [0.15, 0.2) is 0 Å². The van der Waals surface area contributed by atoms with Gasteiger partial charge in [0.05, 0.1) is 5.69 Å². The van der Waals surface area contributed by atoms with E-state index in [-0.39, 0.29) is 0 Å². The summed E-state index contributed by atoms with van der Waals surface area (Å²) < 4.78 is 0. The molecule has 24 heavy (non-hydrogen) atoms. The van der Waals surface area contributed by atoms with Crippen LogP contribution < -0.4 is 0 Å². The smallest absolute Gasteiger partial charge is 0.0708 e. The first-order valence-corrected chi connectivity index (χ1v) is 8.07. The van der Waals surface area contributed by atoms with E-state index in [1.54, 1.807) is 0 Å². The molecule has 0 saturated heterocycles. The average Bonchev–Trinajstić information content (AvgIpc) is 2.67. The summed E-state index contributed by atoms with van der Waals surface area (Å²) in [6.45, 7) is 0. The van der Waals surface area contributed by atoms with Gasteiger partial charge in [0.1, 0.15) is 0 Å². The Morgan fingerprint density at radius 1 is 0.542 bits per heavy atom. The molecule has 4 aromatic rings. The Labute approximate surface area is 141 Å². The fraction of sp³-hybridized carbons (Fsp3) is 0. The maximum Gasteiger partial charge on any atom is 0.0708 e. The fourth-order valence-corrected chi connectivity index (χ4v) is 2.86. The molecule has 1 heteroatoms. The van der Waals surface area contributed by atoms with Crippen molar-refractivity contribution in [3.63, 3.8) is 0 Å². The van der Waals surface area contributed by atoms with Crippen molar-refractivity contribution in [1.29, 1.82) is 0 Å². The van der Waals surface area contributed by atoms with Gasteiger partial charge >= 0.3 is 0 Å². The van der Waals surface area contributed by atoms with Crippen molar-refractivity contribution >= 4 is 22.7 Å². The van der Waals surface area contributed by atoms with Crippen molar-refractivity contribution in [1.82, 2.24) is 0 Å². The highest BCUT2D eigenvalue weighted by Crippen LogP contribution is 2.25. The van der Waals surface area contributed by atoms with Crippen molar-refractivity contribution in [2.24, 2.45) is 4.99 Å². The largest absolute Gasteiger partial charge is 0.256 e. The lowest BCUT2D eigenvalue weighted by molar-refractivity contribution is 1.55. The molecule has 4 aromatic carbocycles. The Hall–Kier alpha value is -3.19. The molecule has 0 unspecified atom stereocenters. The van der Waals surface area contributed by atoms with Crippen LogP contribution in [-0.2, 0) is 0 Å². The van der Waals surface area contributed by atoms with Crippen LogP contribution in [0.15, 0.2) is 102 Å². The number of benzene rings is 4. The molecular weight excluding hydrogens is 290 g/mol. The maximum absolute atomic E-state index is 4.68. The average molecular weight is 307 g/mol. The van der Waals surface area contributed by atoms with Gasteiger partial charge in [0, 0.05) is 11.6 Å². The maximum atomic E-state index is 4.68. The molecule has 0 N–H and O–H groups in total. The Morgan fingerprint density at radius 2 is 1.21 bits per heavy atom. The summed E-state index contributed by atoms with van der Waals surface area (Å²) >= 11 is 0. The van der Waals surface area contributed by atoms with Crippen molar-refractivity contribution in [3.8, 4) is 11.1 Å². The Balaban J connectivity index is 1.62. The molecule has 0 aliphatic carbocycles. The molecule has 0 atom stereocenters. The van der Waals surface area contributed by atoms with Gasteiger partial charge in [0.25, 0.3) is 0 Å². The van der Waals surface area contributed by atoms with Crippen molar-refractivity contribution in [3.05, 3.63) is 103 Å². The summed E-state index contributed by atoms with van der Waals surface area (Å²) in [5.74, 6) is 0. The van der Waals surface area contributed by atoms with Gasteiger partial charge in [-0.2, -0.15) is 0 Å². The lowest BCUT2D eigenvalue weighted by Crippen LogP contribution is -1.82. The molecule has 0 bridgehead atoms. The van der Waals surface area contributed by atoms with Gasteiger partial charge in [-0.1, -0.05) is 91.0 Å². The fourth-order valence-electron chi connectivity index (χ4n) is 2.86. The molecular formula is C23H17N. The number of nitrogens with zero attached hydrogens (tertiary/aromatic N) is 1. The summed E-state index contributed by atoms with van der Waals surface area (Å²) in [6, 6.07) is 33.4. The molecule has 0 spiro atoms. The highest BCUT2D eigenvalue weighted by molar-refractivity contribution is 5.95. The minimum Gasteiger partial charge on any atom is -0.256 e. The van der Waals surface area contributed by atoms with Crippen LogP contribution in [0.5, 0.6) is 0 Å². The second-order valence-electron chi connectivity index (χ2n) is 5.74. The Bertz CT molecular complexity index is 978. The topological polar surface area (TPSA) is 12.4 Å². The van der Waals surface area contributed by atoms with Crippen LogP contribution >= 0.6 is 0 Å². The predicted octanol–water partition coefficient (Wildman–Crippen LogP) is 6.26. The van der Waals surface area contributed by atoms with Gasteiger partial charge in [0.2, 0.25) is 0 Å². The number of fused-ring (bicyclic) bond motifs is 1. The van der Waals surface area contributed by atoms with Gasteiger partial charge in [-0.25, -0.2) is 0 Å². The molecule has 1 nitrogen and oxygen atoms in total. The summed E-state index contributed by atoms with van der Waals surface area (Å²) in [7, 11) is 0. The molecule has 0 amide bonds. The SMILES string of the molecule is C(=Nc1cccc2ccccc12)c1ccc(-c2ccccc2)cc1. The molecule has 0 fully saturated rings. The number of aliphatic imine (C=N–C) groups is 1. The first kappa shape index (κ1) is 14.4. The third-order valence-corrected chi connectivity index (χ3v) is 4.14. The summed E-state index contributed by atoms with van der Waals surface area (Å²) in [4.78, 5) is 4.68. The van der Waals surface area contributed by atoms with E-state index in [4.69, 9.17) is 0 Å². The quantitative estimate of drug-likeness (QED) is 0.396. The van der Waals surface area contributed by atoms with Crippen LogP contribution in [0.3, 0.4) is 0 Å². The van der Waals surface area contributed by atoms with Gasteiger partial charge in [-0.3, -0.25) is 4.99 Å². The van der Waals surface area contributed by atoms with Crippen LogP contribution in [0.25, 0.3) is 21.9 Å². The van der Waals surface area contributed by atoms with E-state index in [9.17, 15) is 0 Å². The van der Waals surface area contributed by atoms with Crippen LogP contribution in [0.2, 0.25) is 0 Å². The van der Waals surface area contributed by atoms with Crippen molar-refractivity contribution < 1.29 is 0 Å². The molecule has 0 saturated carbocycles. The van der Waals surface area contributed by atoms with E-state index in [1.165, 1.54) is 21.9 Å². The van der Waals surface area contributed by atoms with E-state index >= 15 is 0 Å². The van der Waals surface area contributed by atoms with Crippen LogP contribution in [0.4, 0.5) is 5.69 Å². The van der Waals surface area contributed by atoms with Gasteiger partial charge in [-0.05, 0) is 28.1 Å². The van der Waals surface area contributed by atoms with Crippen LogP contribution in [0.1, 0.15) is 5.56 Å². The zero-order valence-electron chi connectivity index (χ0n) is 13.3. The van der Waals surface area contributed by atoms with Crippen molar-refractivity contribution in [2.45, 2.75) is 0 Å². The highest BCUT2D eigenvalue weighted by atomic mass is 14.7. The summed E-state index contributed by atoms with van der Waals surface area (Å²) in [5, 5.41) is 2.39.